The Morgan fingerprint density at radius 2 is 1.43 bits per heavy atom. The van der Waals surface area contributed by atoms with E-state index in [2.05, 4.69) is 9.97 Å². The highest BCUT2D eigenvalue weighted by atomic mass is 35.5. The first-order valence-electron chi connectivity index (χ1n) is 3.26. The molecule has 0 aliphatic heterocycles. The Hall–Kier alpha value is -1.40. The fourth-order valence-electron chi connectivity index (χ4n) is 0.721. The van der Waals surface area contributed by atoms with Crippen molar-refractivity contribution in [3.63, 3.8) is 0 Å². The van der Waals surface area contributed by atoms with Gasteiger partial charge in [0.1, 0.15) is 15.9 Å². The molecule has 6 nitrogen and oxygen atoms in total. The maximum Gasteiger partial charge on any atom is 0.286 e. The molecule has 0 unspecified atom stereocenters. The summed E-state index contributed by atoms with van der Waals surface area (Å²) in [5.74, 6) is -2.15. The third-order valence-electron chi connectivity index (χ3n) is 1.29. The fourth-order valence-corrected chi connectivity index (χ4v) is 1.30. The van der Waals surface area contributed by atoms with Crippen LogP contribution in [0, 0.1) is 0 Å². The Kier molecular flexibility index (Phi) is 2.87. The minimum Gasteiger partial charge on any atom is -0.365 e. The van der Waals surface area contributed by atoms with Crippen molar-refractivity contribution in [3.05, 3.63) is 21.7 Å². The second kappa shape index (κ2) is 3.77. The number of hydrogen-bond donors (Lipinski definition) is 2. The first-order valence-corrected chi connectivity index (χ1v) is 4.01. The zero-order valence-corrected chi connectivity index (χ0v) is 8.13. The zero-order valence-electron chi connectivity index (χ0n) is 6.62. The van der Waals surface area contributed by atoms with E-state index in [1.54, 1.807) is 0 Å². The second-order valence-electron chi connectivity index (χ2n) is 2.23. The molecular formula is C6H4Cl2N4O2. The molecule has 0 aliphatic rings. The summed E-state index contributed by atoms with van der Waals surface area (Å²) in [7, 11) is 0. The third kappa shape index (κ3) is 1.91. The van der Waals surface area contributed by atoms with Crippen LogP contribution in [0.3, 0.4) is 0 Å². The number of rotatable bonds is 2. The van der Waals surface area contributed by atoms with Crippen LogP contribution in [0.5, 0.6) is 0 Å². The molecular weight excluding hydrogens is 231 g/mol. The van der Waals surface area contributed by atoms with E-state index in [-0.39, 0.29) is 21.7 Å². The Morgan fingerprint density at radius 3 is 1.71 bits per heavy atom. The van der Waals surface area contributed by atoms with E-state index in [0.29, 0.717) is 0 Å². The molecule has 1 aromatic rings. The molecule has 0 saturated carbocycles. The normalized spacial score (nSPS) is 9.86. The van der Waals surface area contributed by atoms with Crippen LogP contribution in [0.25, 0.3) is 0 Å². The number of nitrogens with two attached hydrogens (primary N) is 2. The van der Waals surface area contributed by atoms with Gasteiger partial charge in [-0.25, -0.2) is 9.97 Å². The molecule has 0 bridgehead atoms. The van der Waals surface area contributed by atoms with Gasteiger partial charge in [-0.1, -0.05) is 23.2 Å². The molecule has 0 aromatic carbocycles. The maximum atomic E-state index is 10.8. The molecule has 0 saturated heterocycles. The predicted molar refractivity (Wildman–Crippen MR) is 49.1 cm³/mol. The van der Waals surface area contributed by atoms with Crippen LogP contribution in [0.4, 0.5) is 0 Å². The fraction of sp³-hybridized carbons (Fsp3) is 0. The molecule has 4 N–H and O–H groups in total. The van der Waals surface area contributed by atoms with Crippen molar-refractivity contribution < 1.29 is 9.59 Å². The molecule has 0 aliphatic carbocycles. The minimum atomic E-state index is -0.898. The number of hydrogen-bond acceptors (Lipinski definition) is 4. The van der Waals surface area contributed by atoms with Crippen LogP contribution in [0.15, 0.2) is 0 Å². The van der Waals surface area contributed by atoms with Crippen molar-refractivity contribution in [2.45, 2.75) is 0 Å². The summed E-state index contributed by atoms with van der Waals surface area (Å²) < 4.78 is 0. The number of carbonyl (C=O) groups excluding carboxylic acids is 2. The van der Waals surface area contributed by atoms with Crippen LogP contribution >= 0.6 is 23.2 Å². The van der Waals surface area contributed by atoms with Gasteiger partial charge in [-0.2, -0.15) is 0 Å². The number of halogens is 2. The number of nitrogens with zero attached hydrogens (tertiary/aromatic N) is 2. The van der Waals surface area contributed by atoms with Crippen molar-refractivity contribution in [1.29, 1.82) is 0 Å². The van der Waals surface area contributed by atoms with E-state index < -0.39 is 11.8 Å². The number of primary amides is 2. The van der Waals surface area contributed by atoms with Gasteiger partial charge in [0.2, 0.25) is 5.82 Å². The quantitative estimate of drug-likeness (QED) is 0.701. The van der Waals surface area contributed by atoms with Crippen LogP contribution in [-0.4, -0.2) is 21.8 Å². The predicted octanol–water partition coefficient (Wildman–Crippen LogP) is -0.0188. The maximum absolute atomic E-state index is 10.8. The first kappa shape index (κ1) is 10.7. The lowest BCUT2D eigenvalue weighted by Crippen LogP contribution is -2.19. The molecule has 74 valence electrons. The van der Waals surface area contributed by atoms with Gasteiger partial charge in [-0.15, -0.1) is 0 Å². The minimum absolute atomic E-state index is 0.238. The summed E-state index contributed by atoms with van der Waals surface area (Å²) in [6.07, 6.45) is 0. The van der Waals surface area contributed by atoms with Crippen LogP contribution in [-0.2, 0) is 0 Å². The number of carbonyl (C=O) groups is 2. The molecule has 14 heavy (non-hydrogen) atoms. The smallest absolute Gasteiger partial charge is 0.286 e. The van der Waals surface area contributed by atoms with Gasteiger partial charge >= 0.3 is 0 Å². The summed E-state index contributed by atoms with van der Waals surface area (Å²) >= 11 is 11.1. The topological polar surface area (TPSA) is 112 Å². The molecule has 2 amide bonds. The van der Waals surface area contributed by atoms with Crippen molar-refractivity contribution in [2.24, 2.45) is 11.5 Å². The lowest BCUT2D eigenvalue weighted by molar-refractivity contribution is 0.0980. The van der Waals surface area contributed by atoms with E-state index in [1.165, 1.54) is 0 Å². The summed E-state index contributed by atoms with van der Waals surface area (Å²) in [5, 5.41) is -0.599. The number of aromatic nitrogens is 2. The summed E-state index contributed by atoms with van der Waals surface area (Å²) in [4.78, 5) is 28.3. The molecule has 1 aromatic heterocycles. The second-order valence-corrected chi connectivity index (χ2v) is 2.95. The Morgan fingerprint density at radius 1 is 1.00 bits per heavy atom. The van der Waals surface area contributed by atoms with E-state index in [1.807, 2.05) is 0 Å². The first-order chi connectivity index (χ1) is 6.43. The molecule has 0 radical (unpaired) electrons. The van der Waals surface area contributed by atoms with Gasteiger partial charge in [-0.05, 0) is 0 Å². The lowest BCUT2D eigenvalue weighted by Gasteiger charge is -2.02. The van der Waals surface area contributed by atoms with Crippen LogP contribution < -0.4 is 11.5 Å². The molecule has 0 atom stereocenters. The highest BCUT2D eigenvalue weighted by Crippen LogP contribution is 2.20. The van der Waals surface area contributed by atoms with Gasteiger partial charge in [-0.3, -0.25) is 9.59 Å². The molecule has 8 heteroatoms. The van der Waals surface area contributed by atoms with E-state index in [0.717, 1.165) is 0 Å². The monoisotopic (exact) mass is 234 g/mol. The van der Waals surface area contributed by atoms with Crippen molar-refractivity contribution in [1.82, 2.24) is 9.97 Å². The average molecular weight is 235 g/mol. The van der Waals surface area contributed by atoms with E-state index in [9.17, 15) is 9.59 Å². The highest BCUT2D eigenvalue weighted by molar-refractivity contribution is 6.38. The van der Waals surface area contributed by atoms with E-state index in [4.69, 9.17) is 34.7 Å². The summed E-state index contributed by atoms with van der Waals surface area (Å²) in [6, 6.07) is 0. The molecule has 0 spiro atoms. The largest absolute Gasteiger partial charge is 0.365 e. The molecule has 1 heterocycles. The Labute approximate surface area is 88.2 Å². The Balaban J connectivity index is 3.39. The van der Waals surface area contributed by atoms with Gasteiger partial charge in [0.05, 0.1) is 0 Å². The van der Waals surface area contributed by atoms with Gasteiger partial charge < -0.3 is 11.5 Å². The number of amides is 2. The third-order valence-corrected chi connectivity index (χ3v) is 1.83. The summed E-state index contributed by atoms with van der Waals surface area (Å²) in [5.41, 5.74) is 9.58. The SMILES string of the molecule is NC(=O)c1nc(Cl)c(C(N)=O)c(Cl)n1. The van der Waals surface area contributed by atoms with Crippen molar-refractivity contribution in [3.8, 4) is 0 Å². The Bertz CT molecular complexity index is 397. The highest BCUT2D eigenvalue weighted by Gasteiger charge is 2.18. The lowest BCUT2D eigenvalue weighted by atomic mass is 10.3. The van der Waals surface area contributed by atoms with Crippen molar-refractivity contribution >= 4 is 35.0 Å². The molecule has 1 rings (SSSR count). The van der Waals surface area contributed by atoms with Crippen molar-refractivity contribution in [2.75, 3.05) is 0 Å². The van der Waals surface area contributed by atoms with Crippen LogP contribution in [0.2, 0.25) is 10.3 Å². The standard InChI is InChI=1S/C6H4Cl2N4O2/c7-2-1(4(9)13)3(8)12-6(11-2)5(10)14/h(H2,9,13)(H2,10,14). The van der Waals surface area contributed by atoms with E-state index >= 15 is 0 Å². The van der Waals surface area contributed by atoms with Gasteiger partial charge in [0.15, 0.2) is 0 Å². The summed E-state index contributed by atoms with van der Waals surface area (Å²) in [6.45, 7) is 0. The zero-order chi connectivity index (χ0) is 10.9. The van der Waals surface area contributed by atoms with Gasteiger partial charge in [0.25, 0.3) is 11.8 Å². The van der Waals surface area contributed by atoms with Crippen LogP contribution in [0.1, 0.15) is 21.0 Å². The average Bonchev–Trinajstić information content (AvgIpc) is 2.01. The molecule has 0 fully saturated rings. The van der Waals surface area contributed by atoms with Gasteiger partial charge in [0, 0.05) is 0 Å².